The Morgan fingerprint density at radius 1 is 1.07 bits per heavy atom. The highest BCUT2D eigenvalue weighted by molar-refractivity contribution is 7.07. The Balaban J connectivity index is 1.78. The maximum Gasteiger partial charge on any atom is 0.338 e. The molecule has 0 fully saturated rings. The van der Waals surface area contributed by atoms with Crippen LogP contribution in [0.15, 0.2) is 69.6 Å². The Morgan fingerprint density at radius 2 is 1.77 bits per heavy atom. The molecule has 40 heavy (non-hydrogen) atoms. The van der Waals surface area contributed by atoms with E-state index >= 15 is 0 Å². The molecule has 1 atom stereocenters. The van der Waals surface area contributed by atoms with Gasteiger partial charge in [0.15, 0.2) is 4.80 Å². The van der Waals surface area contributed by atoms with E-state index in [0.717, 1.165) is 24.2 Å². The number of allylic oxidation sites excluding steroid dienone is 1. The first-order valence-electron chi connectivity index (χ1n) is 13.3. The molecule has 0 saturated carbocycles. The minimum absolute atomic E-state index is 0.146. The normalized spacial score (nSPS) is 15.1. The van der Waals surface area contributed by atoms with E-state index in [1.165, 1.54) is 23.0 Å². The van der Waals surface area contributed by atoms with Gasteiger partial charge in [0, 0.05) is 0 Å². The Hall–Kier alpha value is -3.98. The minimum Gasteiger partial charge on any atom is -0.494 e. The van der Waals surface area contributed by atoms with E-state index in [-0.39, 0.29) is 18.1 Å². The Bertz CT molecular complexity index is 1580. The molecule has 4 rings (SSSR count). The highest BCUT2D eigenvalue weighted by Crippen LogP contribution is 2.31. The second kappa shape index (κ2) is 12.9. The summed E-state index contributed by atoms with van der Waals surface area (Å²) in [6.07, 6.45) is 3.86. The molecular weight excluding hydrogens is 528 g/mol. The van der Waals surface area contributed by atoms with E-state index in [1.54, 1.807) is 31.2 Å². The van der Waals surface area contributed by atoms with Crippen LogP contribution >= 0.6 is 11.3 Å². The van der Waals surface area contributed by atoms with Crippen molar-refractivity contribution < 1.29 is 23.8 Å². The molecule has 9 heteroatoms. The van der Waals surface area contributed by atoms with Gasteiger partial charge in [-0.05, 0) is 60.7 Å². The van der Waals surface area contributed by atoms with Crippen molar-refractivity contribution in [3.63, 3.8) is 0 Å². The van der Waals surface area contributed by atoms with Gasteiger partial charge in [0.1, 0.15) is 5.75 Å². The number of nitrogens with zero attached hydrogens (tertiary/aromatic N) is 2. The molecule has 210 valence electrons. The molecule has 1 aromatic heterocycles. The summed E-state index contributed by atoms with van der Waals surface area (Å²) in [6, 6.07) is 13.5. The number of ether oxygens (including phenoxy) is 3. The number of unbranched alkanes of at least 4 members (excludes halogenated alkanes) is 1. The fraction of sp³-hybridized carbons (Fsp3) is 0.355. The van der Waals surface area contributed by atoms with Crippen molar-refractivity contribution in [3.8, 4) is 5.75 Å². The van der Waals surface area contributed by atoms with Gasteiger partial charge < -0.3 is 14.2 Å². The number of carbonyl (C=O) groups excluding carboxylic acids is 2. The van der Waals surface area contributed by atoms with Crippen LogP contribution < -0.4 is 19.6 Å². The number of esters is 2. The predicted octanol–water partition coefficient (Wildman–Crippen LogP) is 4.40. The highest BCUT2D eigenvalue weighted by atomic mass is 32.1. The van der Waals surface area contributed by atoms with Crippen LogP contribution in [0.3, 0.4) is 0 Å². The van der Waals surface area contributed by atoms with Crippen LogP contribution in [0.1, 0.15) is 68.1 Å². The standard InChI is InChI=1S/C31H34N2O6S/c1-6-7-16-38-24-14-8-21(9-15-24)17-25-28(34)33-27(22-10-12-23(13-11-22)29(35)37-5)26(20(4)32-31(33)40-25)30(36)39-18-19(2)3/h8-15,17,19,27H,6-7,16,18H2,1-5H3. The van der Waals surface area contributed by atoms with Gasteiger partial charge in [0.05, 0.1) is 47.7 Å². The van der Waals surface area contributed by atoms with Gasteiger partial charge in [-0.15, -0.1) is 0 Å². The maximum atomic E-state index is 13.8. The van der Waals surface area contributed by atoms with Crippen molar-refractivity contribution >= 4 is 29.4 Å². The highest BCUT2D eigenvalue weighted by Gasteiger charge is 2.33. The fourth-order valence-corrected chi connectivity index (χ4v) is 5.33. The Morgan fingerprint density at radius 3 is 2.40 bits per heavy atom. The molecule has 3 aromatic rings. The molecule has 8 nitrogen and oxygen atoms in total. The summed E-state index contributed by atoms with van der Waals surface area (Å²) in [4.78, 5) is 44.3. The summed E-state index contributed by atoms with van der Waals surface area (Å²) < 4.78 is 18.2. The van der Waals surface area contributed by atoms with Crippen LogP contribution in [0.5, 0.6) is 5.75 Å². The third-order valence-electron chi connectivity index (χ3n) is 6.38. The largest absolute Gasteiger partial charge is 0.494 e. The smallest absolute Gasteiger partial charge is 0.338 e. The van der Waals surface area contributed by atoms with Crippen LogP contribution in [0.25, 0.3) is 6.08 Å². The first kappa shape index (κ1) is 29.0. The van der Waals surface area contributed by atoms with Crippen LogP contribution in [-0.4, -0.2) is 36.8 Å². The number of hydrogen-bond donors (Lipinski definition) is 0. The summed E-state index contributed by atoms with van der Waals surface area (Å²) >= 11 is 1.26. The quantitative estimate of drug-likeness (QED) is 0.269. The van der Waals surface area contributed by atoms with Crippen molar-refractivity contribution in [3.05, 3.63) is 96.2 Å². The lowest BCUT2D eigenvalue weighted by molar-refractivity contribution is -0.140. The van der Waals surface area contributed by atoms with E-state index in [1.807, 2.05) is 44.2 Å². The van der Waals surface area contributed by atoms with Gasteiger partial charge in [-0.3, -0.25) is 9.36 Å². The summed E-state index contributed by atoms with van der Waals surface area (Å²) in [6.45, 7) is 8.68. The number of thiazole rings is 1. The van der Waals surface area contributed by atoms with Gasteiger partial charge in [-0.2, -0.15) is 0 Å². The molecule has 0 bridgehead atoms. The molecule has 0 amide bonds. The third-order valence-corrected chi connectivity index (χ3v) is 7.36. The van der Waals surface area contributed by atoms with Gasteiger partial charge >= 0.3 is 11.9 Å². The van der Waals surface area contributed by atoms with Crippen molar-refractivity contribution in [2.75, 3.05) is 20.3 Å². The average Bonchev–Trinajstić information content (AvgIpc) is 3.25. The lowest BCUT2D eigenvalue weighted by atomic mass is 9.95. The average molecular weight is 563 g/mol. The number of aromatic nitrogens is 1. The van der Waals surface area contributed by atoms with E-state index in [9.17, 15) is 14.4 Å². The SMILES string of the molecule is CCCCOc1ccc(C=c2sc3n(c2=O)C(c2ccc(C(=O)OC)cc2)C(C(=O)OCC(C)C)=C(C)N=3)cc1. The topological polar surface area (TPSA) is 96.2 Å². The second-order valence-corrected chi connectivity index (χ2v) is 11.0. The molecule has 0 radical (unpaired) electrons. The van der Waals surface area contributed by atoms with Gasteiger partial charge in [0.2, 0.25) is 0 Å². The van der Waals surface area contributed by atoms with Crippen molar-refractivity contribution in [2.45, 2.75) is 46.6 Å². The van der Waals surface area contributed by atoms with Crippen molar-refractivity contribution in [1.82, 2.24) is 4.57 Å². The van der Waals surface area contributed by atoms with Crippen LogP contribution in [0.2, 0.25) is 0 Å². The van der Waals surface area contributed by atoms with E-state index in [0.29, 0.717) is 38.3 Å². The second-order valence-electron chi connectivity index (χ2n) is 9.96. The van der Waals surface area contributed by atoms with Crippen molar-refractivity contribution in [2.24, 2.45) is 10.9 Å². The zero-order valence-electron chi connectivity index (χ0n) is 23.4. The van der Waals surface area contributed by atoms with Crippen LogP contribution in [0, 0.1) is 5.92 Å². The van der Waals surface area contributed by atoms with E-state index < -0.39 is 18.0 Å². The molecule has 0 spiro atoms. The van der Waals surface area contributed by atoms with Gasteiger partial charge in [0.25, 0.3) is 5.56 Å². The monoisotopic (exact) mass is 562 g/mol. The van der Waals surface area contributed by atoms with E-state index in [2.05, 4.69) is 11.9 Å². The number of hydrogen-bond acceptors (Lipinski definition) is 8. The third kappa shape index (κ3) is 6.42. The number of carbonyl (C=O) groups is 2. The zero-order valence-corrected chi connectivity index (χ0v) is 24.2. The number of fused-ring (bicyclic) bond motifs is 1. The first-order chi connectivity index (χ1) is 19.2. The summed E-state index contributed by atoms with van der Waals surface area (Å²) in [5.74, 6) is -0.0691. The van der Waals surface area contributed by atoms with Crippen LogP contribution in [0.4, 0.5) is 0 Å². The molecule has 1 aliphatic rings. The van der Waals surface area contributed by atoms with Crippen molar-refractivity contribution in [1.29, 1.82) is 0 Å². The molecule has 2 aromatic carbocycles. The Labute approximate surface area is 237 Å². The zero-order chi connectivity index (χ0) is 28.8. The minimum atomic E-state index is -0.765. The summed E-state index contributed by atoms with van der Waals surface area (Å²) in [5, 5.41) is 0. The number of benzene rings is 2. The maximum absolute atomic E-state index is 13.8. The number of rotatable bonds is 10. The lowest BCUT2D eigenvalue weighted by Crippen LogP contribution is -2.40. The molecular formula is C31H34N2O6S. The number of methoxy groups -OCH3 is 1. The summed E-state index contributed by atoms with van der Waals surface area (Å²) in [7, 11) is 1.32. The molecule has 0 aliphatic carbocycles. The fourth-order valence-electron chi connectivity index (χ4n) is 4.28. The molecule has 1 aliphatic heterocycles. The van der Waals surface area contributed by atoms with Gasteiger partial charge in [-0.1, -0.05) is 62.8 Å². The molecule has 1 unspecified atom stereocenters. The molecule has 2 heterocycles. The predicted molar refractivity (Wildman–Crippen MR) is 154 cm³/mol. The lowest BCUT2D eigenvalue weighted by Gasteiger charge is -2.25. The van der Waals surface area contributed by atoms with Crippen LogP contribution in [-0.2, 0) is 14.3 Å². The van der Waals surface area contributed by atoms with E-state index in [4.69, 9.17) is 14.2 Å². The summed E-state index contributed by atoms with van der Waals surface area (Å²) in [5.41, 5.74) is 2.37. The molecule has 0 saturated heterocycles. The Kier molecular flexibility index (Phi) is 9.37. The first-order valence-corrected chi connectivity index (χ1v) is 14.2. The molecule has 0 N–H and O–H groups in total. The van der Waals surface area contributed by atoms with Gasteiger partial charge in [-0.25, -0.2) is 14.6 Å².